The number of sulfonamides is 1. The minimum Gasteiger partial charge on any atom is -0.384 e. The highest BCUT2D eigenvalue weighted by Crippen LogP contribution is 2.19. The van der Waals surface area contributed by atoms with Crippen molar-refractivity contribution in [2.45, 2.75) is 5.33 Å². The molecular weight excluding hydrogens is 294 g/mol. The summed E-state index contributed by atoms with van der Waals surface area (Å²) in [5, 5.41) is 0.607. The lowest BCUT2D eigenvalue weighted by Crippen LogP contribution is -2.20. The lowest BCUT2D eigenvalue weighted by Gasteiger charge is -2.10. The summed E-state index contributed by atoms with van der Waals surface area (Å²) in [7, 11) is -1.85. The van der Waals surface area contributed by atoms with Gasteiger partial charge in [0.2, 0.25) is 10.0 Å². The molecule has 90 valence electrons. The number of nitrogens with one attached hydrogen (secondary N) is 1. The Bertz CT molecular complexity index is 433. The van der Waals surface area contributed by atoms with Gasteiger partial charge in [0.15, 0.2) is 0 Å². The maximum Gasteiger partial charge on any atom is 0.235 e. The van der Waals surface area contributed by atoms with Gasteiger partial charge < -0.3 is 4.74 Å². The second kappa shape index (κ2) is 6.22. The molecule has 0 spiro atoms. The van der Waals surface area contributed by atoms with Crippen molar-refractivity contribution in [3.63, 3.8) is 0 Å². The number of para-hydroxylation sites is 1. The Morgan fingerprint density at radius 1 is 1.38 bits per heavy atom. The van der Waals surface area contributed by atoms with Crippen LogP contribution in [0.15, 0.2) is 24.3 Å². The van der Waals surface area contributed by atoms with Crippen molar-refractivity contribution in [3.8, 4) is 0 Å². The van der Waals surface area contributed by atoms with Crippen molar-refractivity contribution < 1.29 is 13.2 Å². The second-order valence-corrected chi connectivity index (χ2v) is 5.61. The van der Waals surface area contributed by atoms with Gasteiger partial charge in [-0.1, -0.05) is 34.1 Å². The van der Waals surface area contributed by atoms with Gasteiger partial charge in [-0.25, -0.2) is 8.42 Å². The molecule has 0 heterocycles. The van der Waals surface area contributed by atoms with E-state index in [-0.39, 0.29) is 12.4 Å². The maximum absolute atomic E-state index is 11.6. The molecular formula is C10H14BrNO3S. The summed E-state index contributed by atoms with van der Waals surface area (Å²) in [6, 6.07) is 7.26. The molecule has 0 atom stereocenters. The highest BCUT2D eigenvalue weighted by atomic mass is 79.9. The SMILES string of the molecule is COCCS(=O)(=O)Nc1ccccc1CBr. The molecule has 1 aromatic carbocycles. The number of halogens is 1. The van der Waals surface area contributed by atoms with Crippen molar-refractivity contribution in [2.75, 3.05) is 24.2 Å². The standard InChI is InChI=1S/C10H14BrNO3S/c1-15-6-7-16(13,14)12-10-5-3-2-4-9(10)8-11/h2-5,12H,6-8H2,1H3. The van der Waals surface area contributed by atoms with Gasteiger partial charge in [0.25, 0.3) is 0 Å². The van der Waals surface area contributed by atoms with Gasteiger partial charge >= 0.3 is 0 Å². The molecule has 0 aliphatic rings. The fraction of sp³-hybridized carbons (Fsp3) is 0.400. The summed E-state index contributed by atoms with van der Waals surface area (Å²) in [5.41, 5.74) is 1.51. The molecule has 0 aliphatic heterocycles. The summed E-state index contributed by atoms with van der Waals surface area (Å²) in [6.45, 7) is 0.186. The number of hydrogen-bond acceptors (Lipinski definition) is 3. The summed E-state index contributed by atoms with van der Waals surface area (Å²) in [5.74, 6) is -0.0415. The Kier molecular flexibility index (Phi) is 5.24. The fourth-order valence-electron chi connectivity index (χ4n) is 1.15. The molecule has 0 radical (unpaired) electrons. The van der Waals surface area contributed by atoms with E-state index in [2.05, 4.69) is 20.7 Å². The van der Waals surface area contributed by atoms with E-state index >= 15 is 0 Å². The fourth-order valence-corrected chi connectivity index (χ4v) is 2.66. The minimum atomic E-state index is -3.33. The van der Waals surface area contributed by atoms with E-state index in [1.54, 1.807) is 12.1 Å². The normalized spacial score (nSPS) is 11.4. The van der Waals surface area contributed by atoms with Gasteiger partial charge in [0.1, 0.15) is 0 Å². The van der Waals surface area contributed by atoms with Crippen LogP contribution in [-0.2, 0) is 20.1 Å². The first-order valence-electron chi connectivity index (χ1n) is 4.72. The van der Waals surface area contributed by atoms with Gasteiger partial charge in [-0.05, 0) is 11.6 Å². The van der Waals surface area contributed by atoms with E-state index in [1.807, 2.05) is 12.1 Å². The van der Waals surface area contributed by atoms with E-state index in [0.29, 0.717) is 11.0 Å². The average Bonchev–Trinajstić information content (AvgIpc) is 2.27. The van der Waals surface area contributed by atoms with Crippen molar-refractivity contribution >= 4 is 31.6 Å². The Balaban J connectivity index is 2.79. The van der Waals surface area contributed by atoms with Crippen molar-refractivity contribution in [1.29, 1.82) is 0 Å². The largest absolute Gasteiger partial charge is 0.384 e. The highest BCUT2D eigenvalue weighted by Gasteiger charge is 2.11. The smallest absolute Gasteiger partial charge is 0.235 e. The lowest BCUT2D eigenvalue weighted by molar-refractivity contribution is 0.217. The summed E-state index contributed by atoms with van der Waals surface area (Å²) in [4.78, 5) is 0. The molecule has 0 saturated heterocycles. The molecule has 6 heteroatoms. The lowest BCUT2D eigenvalue weighted by atomic mass is 10.2. The molecule has 16 heavy (non-hydrogen) atoms. The summed E-state index contributed by atoms with van der Waals surface area (Å²) >= 11 is 3.31. The van der Waals surface area contributed by atoms with Crippen LogP contribution in [-0.4, -0.2) is 27.9 Å². The predicted octanol–water partition coefficient (Wildman–Crippen LogP) is 1.97. The van der Waals surface area contributed by atoms with E-state index in [1.165, 1.54) is 7.11 Å². The van der Waals surface area contributed by atoms with Crippen LogP contribution in [0.4, 0.5) is 5.69 Å². The predicted molar refractivity (Wildman–Crippen MR) is 68.4 cm³/mol. The third-order valence-electron chi connectivity index (χ3n) is 1.98. The summed E-state index contributed by atoms with van der Waals surface area (Å²) in [6.07, 6.45) is 0. The Labute approximate surface area is 104 Å². The monoisotopic (exact) mass is 307 g/mol. The zero-order chi connectivity index (χ0) is 12.0. The van der Waals surface area contributed by atoms with Gasteiger partial charge in [-0.3, -0.25) is 4.72 Å². The zero-order valence-corrected chi connectivity index (χ0v) is 11.3. The number of ether oxygens (including phenoxy) is 1. The molecule has 4 nitrogen and oxygen atoms in total. The zero-order valence-electron chi connectivity index (χ0n) is 8.94. The van der Waals surface area contributed by atoms with E-state index in [9.17, 15) is 8.42 Å². The van der Waals surface area contributed by atoms with Crippen LogP contribution in [0.5, 0.6) is 0 Å². The van der Waals surface area contributed by atoms with E-state index < -0.39 is 10.0 Å². The molecule has 0 saturated carbocycles. The van der Waals surface area contributed by atoms with E-state index in [4.69, 9.17) is 4.74 Å². The summed E-state index contributed by atoms with van der Waals surface area (Å²) < 4.78 is 30.5. The number of rotatable bonds is 6. The maximum atomic E-state index is 11.6. The molecule has 0 fully saturated rings. The highest BCUT2D eigenvalue weighted by molar-refractivity contribution is 9.08. The quantitative estimate of drug-likeness (QED) is 0.818. The Morgan fingerprint density at radius 3 is 2.69 bits per heavy atom. The first kappa shape index (κ1) is 13.5. The molecule has 0 aliphatic carbocycles. The average molecular weight is 308 g/mol. The van der Waals surface area contributed by atoms with Crippen LogP contribution in [0.25, 0.3) is 0 Å². The first-order valence-corrected chi connectivity index (χ1v) is 7.49. The van der Waals surface area contributed by atoms with Crippen LogP contribution in [0.3, 0.4) is 0 Å². The third kappa shape index (κ3) is 4.11. The number of anilines is 1. The van der Waals surface area contributed by atoms with Crippen LogP contribution in [0.2, 0.25) is 0 Å². The number of alkyl halides is 1. The first-order chi connectivity index (χ1) is 7.59. The van der Waals surface area contributed by atoms with Crippen LogP contribution in [0, 0.1) is 0 Å². The molecule has 1 rings (SSSR count). The molecule has 0 unspecified atom stereocenters. The van der Waals surface area contributed by atoms with Crippen molar-refractivity contribution in [2.24, 2.45) is 0 Å². The molecule has 0 bridgehead atoms. The Morgan fingerprint density at radius 2 is 2.06 bits per heavy atom. The van der Waals surface area contributed by atoms with Crippen molar-refractivity contribution in [1.82, 2.24) is 0 Å². The number of hydrogen-bond donors (Lipinski definition) is 1. The van der Waals surface area contributed by atoms with Crippen molar-refractivity contribution in [3.05, 3.63) is 29.8 Å². The second-order valence-electron chi connectivity index (χ2n) is 3.20. The van der Waals surface area contributed by atoms with Gasteiger partial charge in [-0.2, -0.15) is 0 Å². The van der Waals surface area contributed by atoms with Gasteiger partial charge in [0.05, 0.1) is 18.0 Å². The molecule has 1 N–H and O–H groups in total. The number of benzene rings is 1. The van der Waals surface area contributed by atoms with Gasteiger partial charge in [-0.15, -0.1) is 0 Å². The van der Waals surface area contributed by atoms with E-state index in [0.717, 1.165) is 5.56 Å². The topological polar surface area (TPSA) is 55.4 Å². The molecule has 0 amide bonds. The number of methoxy groups -OCH3 is 1. The van der Waals surface area contributed by atoms with Gasteiger partial charge in [0, 0.05) is 12.4 Å². The van der Waals surface area contributed by atoms with Crippen LogP contribution >= 0.6 is 15.9 Å². The third-order valence-corrected chi connectivity index (χ3v) is 3.82. The molecule has 0 aromatic heterocycles. The molecule has 1 aromatic rings. The van der Waals surface area contributed by atoms with Crippen LogP contribution < -0.4 is 4.72 Å². The van der Waals surface area contributed by atoms with Crippen LogP contribution in [0.1, 0.15) is 5.56 Å². The Hall–Kier alpha value is -0.590. The minimum absolute atomic E-state index is 0.0415.